The molecule has 4 amide bonds. The third-order valence-electron chi connectivity index (χ3n) is 8.85. The molecule has 0 radical (unpaired) electrons. The van der Waals surface area contributed by atoms with Crippen LogP contribution in [-0.4, -0.2) is 69.5 Å². The first-order valence-electron chi connectivity index (χ1n) is 14.6. The molecule has 0 bridgehead atoms. The highest BCUT2D eigenvalue weighted by molar-refractivity contribution is 6.38. The average molecular weight is 571 g/mol. The molecule has 5 unspecified atom stereocenters. The van der Waals surface area contributed by atoms with Crippen molar-refractivity contribution in [1.29, 1.82) is 0 Å². The maximum atomic E-state index is 14.0. The first kappa shape index (κ1) is 27.6. The van der Waals surface area contributed by atoms with Crippen molar-refractivity contribution in [2.24, 2.45) is 17.8 Å². The van der Waals surface area contributed by atoms with E-state index in [9.17, 15) is 24.0 Å². The summed E-state index contributed by atoms with van der Waals surface area (Å²) in [5.41, 5.74) is 2.21. The molecular formula is C31H34N6O5. The summed E-state index contributed by atoms with van der Waals surface area (Å²) < 4.78 is 0. The van der Waals surface area contributed by atoms with Crippen molar-refractivity contribution in [3.63, 3.8) is 0 Å². The van der Waals surface area contributed by atoms with E-state index in [0.717, 1.165) is 30.3 Å². The van der Waals surface area contributed by atoms with Gasteiger partial charge >= 0.3 is 0 Å². The molecule has 1 aromatic heterocycles. The molecule has 2 saturated heterocycles. The standard InChI is InChI=1S/C31H34N6O5/c38-26(30(41)33-16-18-7-2-1-3-8-18)24(15-19-13-14-32-28(19)39)36-29(40)25-21-10-6-9-20(21)17-37(25)31(42)27-34-22-11-4-5-12-23(22)35-27/h1-5,7-8,11-12,19-21,24-25H,6,9-10,13-17H2,(H,32,39)(H,33,41)(H,34,35)(H,36,40). The summed E-state index contributed by atoms with van der Waals surface area (Å²) in [6, 6.07) is 14.5. The highest BCUT2D eigenvalue weighted by atomic mass is 16.2. The topological polar surface area (TPSA) is 153 Å². The molecule has 11 heteroatoms. The van der Waals surface area contributed by atoms with Gasteiger partial charge < -0.3 is 25.8 Å². The van der Waals surface area contributed by atoms with Crippen molar-refractivity contribution in [2.45, 2.75) is 50.7 Å². The first-order chi connectivity index (χ1) is 20.4. The summed E-state index contributed by atoms with van der Waals surface area (Å²) in [7, 11) is 0. The number of amides is 4. The molecule has 4 N–H and O–H groups in total. The van der Waals surface area contributed by atoms with Crippen LogP contribution in [0.1, 0.15) is 48.3 Å². The summed E-state index contributed by atoms with van der Waals surface area (Å²) >= 11 is 0. The zero-order valence-electron chi connectivity index (χ0n) is 23.2. The van der Waals surface area contributed by atoms with E-state index >= 15 is 0 Å². The number of fused-ring (bicyclic) bond motifs is 2. The van der Waals surface area contributed by atoms with Crippen LogP contribution in [0.25, 0.3) is 11.0 Å². The molecule has 3 fully saturated rings. The number of aromatic amines is 1. The molecule has 1 saturated carbocycles. The van der Waals surface area contributed by atoms with Gasteiger partial charge in [-0.2, -0.15) is 0 Å². The summed E-state index contributed by atoms with van der Waals surface area (Å²) in [4.78, 5) is 75.5. The number of nitrogens with zero attached hydrogens (tertiary/aromatic N) is 2. The van der Waals surface area contributed by atoms with E-state index in [2.05, 4.69) is 25.9 Å². The smallest absolute Gasteiger partial charge is 0.290 e. The van der Waals surface area contributed by atoms with Crippen LogP contribution in [-0.2, 0) is 25.7 Å². The number of hydrogen-bond acceptors (Lipinski definition) is 6. The number of Topliss-reactive ketones (excluding diaryl/α,β-unsaturated/α-hetero) is 1. The second-order valence-electron chi connectivity index (χ2n) is 11.5. The Labute approximate surface area is 242 Å². The lowest BCUT2D eigenvalue weighted by Crippen LogP contribution is -2.55. The Morgan fingerprint density at radius 3 is 2.55 bits per heavy atom. The molecule has 2 aromatic carbocycles. The first-order valence-corrected chi connectivity index (χ1v) is 14.6. The summed E-state index contributed by atoms with van der Waals surface area (Å²) in [5, 5.41) is 8.20. The molecule has 3 heterocycles. The second-order valence-corrected chi connectivity index (χ2v) is 11.5. The maximum Gasteiger partial charge on any atom is 0.290 e. The number of likely N-dealkylation sites (tertiary alicyclic amines) is 1. The van der Waals surface area contributed by atoms with Gasteiger partial charge in [0.25, 0.3) is 11.8 Å². The van der Waals surface area contributed by atoms with Crippen molar-refractivity contribution in [1.82, 2.24) is 30.8 Å². The largest absolute Gasteiger partial charge is 0.356 e. The number of imidazole rings is 1. The van der Waals surface area contributed by atoms with Crippen molar-refractivity contribution in [3.8, 4) is 0 Å². The van der Waals surface area contributed by atoms with Gasteiger partial charge in [-0.3, -0.25) is 24.0 Å². The second kappa shape index (κ2) is 11.8. The van der Waals surface area contributed by atoms with Crippen LogP contribution in [0.4, 0.5) is 0 Å². The fraction of sp³-hybridized carbons (Fsp3) is 0.419. The van der Waals surface area contributed by atoms with Crippen molar-refractivity contribution >= 4 is 40.4 Å². The van der Waals surface area contributed by atoms with Crippen LogP contribution in [0.5, 0.6) is 0 Å². The van der Waals surface area contributed by atoms with Crippen LogP contribution in [0.2, 0.25) is 0 Å². The minimum atomic E-state index is -1.20. The molecule has 5 atom stereocenters. The van der Waals surface area contributed by atoms with Gasteiger partial charge in [0.05, 0.1) is 17.1 Å². The van der Waals surface area contributed by atoms with Gasteiger partial charge in [0, 0.05) is 25.6 Å². The van der Waals surface area contributed by atoms with Crippen LogP contribution >= 0.6 is 0 Å². The molecule has 11 nitrogen and oxygen atoms in total. The van der Waals surface area contributed by atoms with E-state index in [4.69, 9.17) is 0 Å². The molecule has 0 spiro atoms. The lowest BCUT2D eigenvalue weighted by molar-refractivity contribution is -0.141. The minimum absolute atomic E-state index is 0.00744. The zero-order valence-corrected chi connectivity index (χ0v) is 23.2. The lowest BCUT2D eigenvalue weighted by Gasteiger charge is -2.28. The van der Waals surface area contributed by atoms with E-state index in [0.29, 0.717) is 25.0 Å². The Kier molecular flexibility index (Phi) is 7.73. The fourth-order valence-corrected chi connectivity index (χ4v) is 6.71. The van der Waals surface area contributed by atoms with Crippen LogP contribution in [0.3, 0.4) is 0 Å². The van der Waals surface area contributed by atoms with Gasteiger partial charge in [-0.1, -0.05) is 48.9 Å². The number of carbonyl (C=O) groups is 5. The van der Waals surface area contributed by atoms with E-state index in [1.807, 2.05) is 54.6 Å². The highest BCUT2D eigenvalue weighted by Crippen LogP contribution is 2.42. The number of para-hydroxylation sites is 2. The van der Waals surface area contributed by atoms with Crippen molar-refractivity contribution in [3.05, 3.63) is 66.0 Å². The SMILES string of the molecule is O=C(NCc1ccccc1)C(=O)C(CC1CCNC1=O)NC(=O)C1C2CCCC2CN1C(=O)c1nc2ccccc2[nH]1. The minimum Gasteiger partial charge on any atom is -0.356 e. The monoisotopic (exact) mass is 570 g/mol. The predicted molar refractivity (Wildman–Crippen MR) is 153 cm³/mol. The number of nitrogens with one attached hydrogen (secondary N) is 4. The Bertz CT molecular complexity index is 1490. The summed E-state index contributed by atoms with van der Waals surface area (Å²) in [5.74, 6) is -2.94. The molecule has 1 aliphatic carbocycles. The van der Waals surface area contributed by atoms with E-state index in [1.165, 1.54) is 0 Å². The van der Waals surface area contributed by atoms with Gasteiger partial charge in [0.15, 0.2) is 5.82 Å². The zero-order chi connectivity index (χ0) is 29.2. The number of aromatic nitrogens is 2. The number of carbonyl (C=O) groups excluding carboxylic acids is 5. The van der Waals surface area contributed by atoms with E-state index in [1.54, 1.807) is 4.90 Å². The Balaban J connectivity index is 1.22. The maximum absolute atomic E-state index is 14.0. The third-order valence-corrected chi connectivity index (χ3v) is 8.85. The van der Waals surface area contributed by atoms with Gasteiger partial charge in [-0.15, -0.1) is 0 Å². The molecule has 3 aromatic rings. The number of H-pyrrole nitrogens is 1. The van der Waals surface area contributed by atoms with Crippen LogP contribution in [0.15, 0.2) is 54.6 Å². The molecule has 3 aliphatic rings. The normalized spacial score (nSPS) is 23.8. The average Bonchev–Trinajstić information content (AvgIpc) is 3.79. The molecular weight excluding hydrogens is 536 g/mol. The molecule has 218 valence electrons. The fourth-order valence-electron chi connectivity index (χ4n) is 6.71. The Morgan fingerprint density at radius 1 is 1.00 bits per heavy atom. The Hall–Kier alpha value is -4.54. The quantitative estimate of drug-likeness (QED) is 0.287. The van der Waals surface area contributed by atoms with Crippen LogP contribution in [0, 0.1) is 17.8 Å². The summed E-state index contributed by atoms with van der Waals surface area (Å²) in [6.45, 7) is 1.05. The van der Waals surface area contributed by atoms with Gasteiger partial charge in [0.1, 0.15) is 6.04 Å². The number of rotatable bonds is 9. The van der Waals surface area contributed by atoms with Crippen LogP contribution < -0.4 is 16.0 Å². The highest BCUT2D eigenvalue weighted by Gasteiger charge is 2.50. The van der Waals surface area contributed by atoms with Gasteiger partial charge in [-0.05, 0) is 55.2 Å². The Morgan fingerprint density at radius 2 is 1.79 bits per heavy atom. The molecule has 2 aliphatic heterocycles. The predicted octanol–water partition coefficient (Wildman–Crippen LogP) is 1.70. The third kappa shape index (κ3) is 5.50. The molecule has 42 heavy (non-hydrogen) atoms. The lowest BCUT2D eigenvalue weighted by atomic mass is 9.91. The van der Waals surface area contributed by atoms with Crippen molar-refractivity contribution in [2.75, 3.05) is 13.1 Å². The number of benzene rings is 2. The van der Waals surface area contributed by atoms with Gasteiger partial charge in [0.2, 0.25) is 17.6 Å². The van der Waals surface area contributed by atoms with Gasteiger partial charge in [-0.25, -0.2) is 4.98 Å². The summed E-state index contributed by atoms with van der Waals surface area (Å²) in [6.07, 6.45) is 3.17. The van der Waals surface area contributed by atoms with Crippen molar-refractivity contribution < 1.29 is 24.0 Å². The van der Waals surface area contributed by atoms with E-state index in [-0.39, 0.29) is 42.4 Å². The van der Waals surface area contributed by atoms with E-state index < -0.39 is 35.6 Å². The number of hydrogen-bond donors (Lipinski definition) is 4. The number of ketones is 1. The molecule has 6 rings (SSSR count).